The van der Waals surface area contributed by atoms with E-state index < -0.39 is 5.97 Å². The van der Waals surface area contributed by atoms with Crippen LogP contribution >= 0.6 is 0 Å². The molecular formula is C11H23N3O4. The molecule has 0 saturated carbocycles. The molecule has 7 heteroatoms. The first-order valence-corrected chi connectivity index (χ1v) is 5.95. The summed E-state index contributed by atoms with van der Waals surface area (Å²) < 4.78 is 9.61. The van der Waals surface area contributed by atoms with Crippen LogP contribution in [0.2, 0.25) is 0 Å². The molecule has 0 aliphatic heterocycles. The Morgan fingerprint density at radius 1 is 1.22 bits per heavy atom. The Morgan fingerprint density at radius 2 is 1.94 bits per heavy atom. The van der Waals surface area contributed by atoms with Gasteiger partial charge in [0, 0.05) is 26.7 Å². The van der Waals surface area contributed by atoms with Crippen molar-refractivity contribution in [2.45, 2.75) is 6.92 Å². The fourth-order valence-corrected chi connectivity index (χ4v) is 1.15. The van der Waals surface area contributed by atoms with E-state index in [-0.39, 0.29) is 12.6 Å². The van der Waals surface area contributed by atoms with Crippen molar-refractivity contribution in [3.63, 3.8) is 0 Å². The van der Waals surface area contributed by atoms with Gasteiger partial charge in [0.25, 0.3) is 0 Å². The number of hydrogen-bond acceptors (Lipinski definition) is 5. The van der Waals surface area contributed by atoms with Crippen LogP contribution in [0.3, 0.4) is 0 Å². The summed E-state index contributed by atoms with van der Waals surface area (Å²) in [5.41, 5.74) is 0. The van der Waals surface area contributed by atoms with E-state index in [2.05, 4.69) is 15.4 Å². The van der Waals surface area contributed by atoms with Crippen molar-refractivity contribution in [3.05, 3.63) is 0 Å². The summed E-state index contributed by atoms with van der Waals surface area (Å²) in [5.74, 6) is -0.440. The zero-order valence-electron chi connectivity index (χ0n) is 11.3. The monoisotopic (exact) mass is 261 g/mol. The number of urea groups is 1. The lowest BCUT2D eigenvalue weighted by atomic mass is 10.5. The SMILES string of the molecule is CCOC(=O)CNC(=O)NCCN(C)CCOC. The van der Waals surface area contributed by atoms with E-state index in [1.165, 1.54) is 0 Å². The molecule has 0 bridgehead atoms. The van der Waals surface area contributed by atoms with Gasteiger partial charge in [-0.15, -0.1) is 0 Å². The average molecular weight is 261 g/mol. The van der Waals surface area contributed by atoms with Crippen LogP contribution in [0, 0.1) is 0 Å². The highest BCUT2D eigenvalue weighted by atomic mass is 16.5. The van der Waals surface area contributed by atoms with Gasteiger partial charge in [-0.05, 0) is 14.0 Å². The van der Waals surface area contributed by atoms with Gasteiger partial charge in [-0.3, -0.25) is 4.79 Å². The van der Waals surface area contributed by atoms with Gasteiger partial charge in [-0.25, -0.2) is 4.79 Å². The molecular weight excluding hydrogens is 238 g/mol. The van der Waals surface area contributed by atoms with Gasteiger partial charge in [-0.2, -0.15) is 0 Å². The molecule has 0 rings (SSSR count). The standard InChI is InChI=1S/C11H23N3O4/c1-4-18-10(15)9-13-11(16)12-5-6-14(2)7-8-17-3/h4-9H2,1-3H3,(H2,12,13,16). The largest absolute Gasteiger partial charge is 0.465 e. The molecule has 0 heterocycles. The van der Waals surface area contributed by atoms with Crippen LogP contribution in [-0.4, -0.2) is 70.5 Å². The number of methoxy groups -OCH3 is 1. The van der Waals surface area contributed by atoms with Gasteiger partial charge in [-0.1, -0.05) is 0 Å². The van der Waals surface area contributed by atoms with Crippen molar-refractivity contribution in [2.75, 3.05) is 53.6 Å². The van der Waals surface area contributed by atoms with Gasteiger partial charge >= 0.3 is 12.0 Å². The number of nitrogens with zero attached hydrogens (tertiary/aromatic N) is 1. The van der Waals surface area contributed by atoms with E-state index in [4.69, 9.17) is 4.74 Å². The molecule has 18 heavy (non-hydrogen) atoms. The van der Waals surface area contributed by atoms with Crippen LogP contribution in [0.1, 0.15) is 6.92 Å². The van der Waals surface area contributed by atoms with Crippen molar-refractivity contribution in [3.8, 4) is 0 Å². The number of esters is 1. The Bertz CT molecular complexity index is 248. The minimum atomic E-state index is -0.440. The Balaban J connectivity index is 3.50. The maximum Gasteiger partial charge on any atom is 0.325 e. The first kappa shape index (κ1) is 16.7. The first-order valence-electron chi connectivity index (χ1n) is 5.95. The summed E-state index contributed by atoms with van der Waals surface area (Å²) in [7, 11) is 3.59. The van der Waals surface area contributed by atoms with Crippen molar-refractivity contribution >= 4 is 12.0 Å². The maximum absolute atomic E-state index is 11.3. The Morgan fingerprint density at radius 3 is 2.56 bits per heavy atom. The van der Waals surface area contributed by atoms with Crippen LogP contribution in [0.25, 0.3) is 0 Å². The van der Waals surface area contributed by atoms with Gasteiger partial charge in [0.15, 0.2) is 0 Å². The van der Waals surface area contributed by atoms with E-state index in [1.54, 1.807) is 14.0 Å². The van der Waals surface area contributed by atoms with Gasteiger partial charge < -0.3 is 25.0 Å². The number of carbonyl (C=O) groups excluding carboxylic acids is 2. The summed E-state index contributed by atoms with van der Waals surface area (Å²) in [5, 5.41) is 5.06. The molecule has 0 aliphatic rings. The molecule has 7 nitrogen and oxygen atoms in total. The second-order valence-corrected chi connectivity index (χ2v) is 3.71. The first-order chi connectivity index (χ1) is 8.60. The number of carbonyl (C=O) groups is 2. The molecule has 0 spiro atoms. The van der Waals surface area contributed by atoms with Crippen LogP contribution in [0.15, 0.2) is 0 Å². The van der Waals surface area contributed by atoms with Crippen LogP contribution in [0.4, 0.5) is 4.79 Å². The normalized spacial score (nSPS) is 10.2. The highest BCUT2D eigenvalue weighted by Crippen LogP contribution is 1.81. The van der Waals surface area contributed by atoms with E-state index in [1.807, 2.05) is 11.9 Å². The number of ether oxygens (including phenoxy) is 2. The lowest BCUT2D eigenvalue weighted by Crippen LogP contribution is -2.42. The second kappa shape index (κ2) is 10.8. The second-order valence-electron chi connectivity index (χ2n) is 3.71. The number of hydrogen-bond donors (Lipinski definition) is 2. The third kappa shape index (κ3) is 9.86. The fourth-order valence-electron chi connectivity index (χ4n) is 1.15. The summed E-state index contributed by atoms with van der Waals surface area (Å²) in [6, 6.07) is -0.372. The topological polar surface area (TPSA) is 79.9 Å². The minimum Gasteiger partial charge on any atom is -0.465 e. The quantitative estimate of drug-likeness (QED) is 0.543. The number of likely N-dealkylation sites (N-methyl/N-ethyl adjacent to an activating group) is 1. The Hall–Kier alpha value is -1.34. The van der Waals surface area contributed by atoms with E-state index in [0.717, 1.165) is 13.1 Å². The number of amides is 2. The Labute approximate surface area is 108 Å². The molecule has 0 unspecified atom stereocenters. The molecule has 0 aromatic carbocycles. The third-order valence-electron chi connectivity index (χ3n) is 2.15. The highest BCUT2D eigenvalue weighted by Gasteiger charge is 2.05. The van der Waals surface area contributed by atoms with Crippen LogP contribution in [-0.2, 0) is 14.3 Å². The van der Waals surface area contributed by atoms with Crippen molar-refractivity contribution in [2.24, 2.45) is 0 Å². The van der Waals surface area contributed by atoms with Gasteiger partial charge in [0.1, 0.15) is 6.54 Å². The number of nitrogens with one attached hydrogen (secondary N) is 2. The molecule has 0 saturated heterocycles. The molecule has 0 atom stereocenters. The van der Waals surface area contributed by atoms with Crippen molar-refractivity contribution < 1.29 is 19.1 Å². The molecule has 0 aromatic rings. The lowest BCUT2D eigenvalue weighted by Gasteiger charge is -2.16. The summed E-state index contributed by atoms with van der Waals surface area (Å²) in [4.78, 5) is 24.3. The van der Waals surface area contributed by atoms with E-state index in [9.17, 15) is 9.59 Å². The van der Waals surface area contributed by atoms with Crippen molar-refractivity contribution in [1.82, 2.24) is 15.5 Å². The van der Waals surface area contributed by atoms with Crippen LogP contribution < -0.4 is 10.6 Å². The molecule has 0 radical (unpaired) electrons. The minimum absolute atomic E-state index is 0.112. The lowest BCUT2D eigenvalue weighted by molar-refractivity contribution is -0.141. The zero-order valence-corrected chi connectivity index (χ0v) is 11.3. The predicted molar refractivity (Wildman–Crippen MR) is 67.4 cm³/mol. The fraction of sp³-hybridized carbons (Fsp3) is 0.818. The molecule has 2 amide bonds. The average Bonchev–Trinajstić information content (AvgIpc) is 2.34. The van der Waals surface area contributed by atoms with E-state index in [0.29, 0.717) is 19.8 Å². The van der Waals surface area contributed by atoms with Crippen molar-refractivity contribution in [1.29, 1.82) is 0 Å². The summed E-state index contributed by atoms with van der Waals surface area (Å²) >= 11 is 0. The molecule has 106 valence electrons. The summed E-state index contributed by atoms with van der Waals surface area (Å²) in [6.45, 7) is 4.61. The van der Waals surface area contributed by atoms with Gasteiger partial charge in [0.05, 0.1) is 13.2 Å². The molecule has 0 aromatic heterocycles. The number of rotatable bonds is 9. The maximum atomic E-state index is 11.3. The van der Waals surface area contributed by atoms with Crippen LogP contribution in [0.5, 0.6) is 0 Å². The smallest absolute Gasteiger partial charge is 0.325 e. The molecule has 2 N–H and O–H groups in total. The van der Waals surface area contributed by atoms with Gasteiger partial charge in [0.2, 0.25) is 0 Å². The van der Waals surface area contributed by atoms with E-state index >= 15 is 0 Å². The highest BCUT2D eigenvalue weighted by molar-refractivity contribution is 5.80. The molecule has 0 aliphatic carbocycles. The third-order valence-corrected chi connectivity index (χ3v) is 2.15. The summed E-state index contributed by atoms with van der Waals surface area (Å²) in [6.07, 6.45) is 0. The Kier molecular flexibility index (Phi) is 9.99. The predicted octanol–water partition coefficient (Wildman–Crippen LogP) is -0.573. The zero-order chi connectivity index (χ0) is 13.8. The molecule has 0 fully saturated rings.